The topological polar surface area (TPSA) is 86.6 Å². The smallest absolute Gasteiger partial charge is 0.338 e. The predicted octanol–water partition coefficient (Wildman–Crippen LogP) is 2.99. The Bertz CT molecular complexity index is 856. The van der Waals surface area contributed by atoms with Gasteiger partial charge >= 0.3 is 5.97 Å². The summed E-state index contributed by atoms with van der Waals surface area (Å²) in [6, 6.07) is 7.63. The molecule has 0 fully saturated rings. The molecule has 1 aromatic heterocycles. The van der Waals surface area contributed by atoms with Gasteiger partial charge in [-0.2, -0.15) is 0 Å². The highest BCUT2D eigenvalue weighted by Crippen LogP contribution is 2.13. The maximum Gasteiger partial charge on any atom is 0.338 e. The summed E-state index contributed by atoms with van der Waals surface area (Å²) in [4.78, 5) is 36.3. The summed E-state index contributed by atoms with van der Waals surface area (Å²) in [5.74, 6) is -0.631. The number of carbonyl (C=O) groups is 2. The number of amides is 1. The lowest BCUT2D eigenvalue weighted by molar-refractivity contribution is 0.0499. The fraction of sp³-hybridized carbons (Fsp3) is 0.350. The number of benzene rings is 1. The van der Waals surface area contributed by atoms with Gasteiger partial charge in [0.1, 0.15) is 5.69 Å². The summed E-state index contributed by atoms with van der Waals surface area (Å²) in [7, 11) is 1.66. The maximum absolute atomic E-state index is 12.4. The standard InChI is InChI=1S/C20H24N2O5/c1-4-6-11-27-20(25)14-7-9-15(10-8-14)21-19(24)16-12-17(23)18(26-5-2)13-22(16)3/h7-10,12-13H,4-6,11H2,1-3H3,(H,21,24). The third-order valence-electron chi connectivity index (χ3n) is 3.84. The van der Waals surface area contributed by atoms with Crippen molar-refractivity contribution in [3.8, 4) is 5.75 Å². The highest BCUT2D eigenvalue weighted by Gasteiger charge is 2.13. The van der Waals surface area contributed by atoms with Crippen molar-refractivity contribution in [2.24, 2.45) is 7.05 Å². The zero-order valence-corrected chi connectivity index (χ0v) is 15.8. The fourth-order valence-electron chi connectivity index (χ4n) is 2.37. The van der Waals surface area contributed by atoms with Crippen LogP contribution in [0.2, 0.25) is 0 Å². The summed E-state index contributed by atoms with van der Waals surface area (Å²) in [5, 5.41) is 2.70. The van der Waals surface area contributed by atoms with E-state index in [4.69, 9.17) is 9.47 Å². The molecule has 1 aromatic carbocycles. The van der Waals surface area contributed by atoms with E-state index < -0.39 is 11.9 Å². The first-order valence-corrected chi connectivity index (χ1v) is 8.88. The molecular weight excluding hydrogens is 348 g/mol. The van der Waals surface area contributed by atoms with Crippen molar-refractivity contribution < 1.29 is 19.1 Å². The van der Waals surface area contributed by atoms with E-state index in [0.717, 1.165) is 12.8 Å². The van der Waals surface area contributed by atoms with Crippen molar-refractivity contribution in [3.05, 3.63) is 58.0 Å². The fourth-order valence-corrected chi connectivity index (χ4v) is 2.37. The molecule has 0 unspecified atom stereocenters. The Morgan fingerprint density at radius 1 is 1.15 bits per heavy atom. The molecule has 1 heterocycles. The van der Waals surface area contributed by atoms with Gasteiger partial charge in [0.15, 0.2) is 5.75 Å². The van der Waals surface area contributed by atoms with Crippen molar-refractivity contribution >= 4 is 17.6 Å². The van der Waals surface area contributed by atoms with Crippen LogP contribution in [0.4, 0.5) is 5.69 Å². The lowest BCUT2D eigenvalue weighted by atomic mass is 10.2. The van der Waals surface area contributed by atoms with E-state index in [1.54, 1.807) is 38.2 Å². The molecular formula is C20H24N2O5. The van der Waals surface area contributed by atoms with Gasteiger partial charge in [0, 0.05) is 18.8 Å². The Labute approximate surface area is 157 Å². The third kappa shape index (κ3) is 5.44. The monoisotopic (exact) mass is 372 g/mol. The molecule has 0 aliphatic heterocycles. The van der Waals surface area contributed by atoms with E-state index in [0.29, 0.717) is 24.5 Å². The predicted molar refractivity (Wildman–Crippen MR) is 102 cm³/mol. The Morgan fingerprint density at radius 3 is 2.48 bits per heavy atom. The van der Waals surface area contributed by atoms with Crippen molar-refractivity contribution in [3.63, 3.8) is 0 Å². The molecule has 0 bridgehead atoms. The average Bonchev–Trinajstić information content (AvgIpc) is 2.65. The van der Waals surface area contributed by atoms with E-state index in [1.165, 1.54) is 16.8 Å². The first kappa shape index (κ1) is 20.2. The SMILES string of the molecule is CCCCOC(=O)c1ccc(NC(=O)c2cc(=O)c(OCC)cn2C)cc1. The van der Waals surface area contributed by atoms with Gasteiger partial charge in [-0.05, 0) is 37.6 Å². The van der Waals surface area contributed by atoms with Crippen LogP contribution in [-0.4, -0.2) is 29.7 Å². The molecule has 0 saturated heterocycles. The number of nitrogens with zero attached hydrogens (tertiary/aromatic N) is 1. The first-order valence-electron chi connectivity index (χ1n) is 8.88. The lowest BCUT2D eigenvalue weighted by Crippen LogP contribution is -2.21. The molecule has 0 spiro atoms. The number of esters is 1. The Kier molecular flexibility index (Phi) is 7.16. The van der Waals surface area contributed by atoms with Gasteiger partial charge in [-0.15, -0.1) is 0 Å². The summed E-state index contributed by atoms with van der Waals surface area (Å²) in [6.45, 7) is 4.56. The first-order chi connectivity index (χ1) is 13.0. The molecule has 1 amide bonds. The molecule has 7 heteroatoms. The zero-order valence-electron chi connectivity index (χ0n) is 15.8. The molecule has 2 aromatic rings. The summed E-state index contributed by atoms with van der Waals surface area (Å²) in [5.41, 5.74) is 0.765. The summed E-state index contributed by atoms with van der Waals surface area (Å²) < 4.78 is 11.9. The number of hydrogen-bond donors (Lipinski definition) is 1. The largest absolute Gasteiger partial charge is 0.488 e. The molecule has 0 aliphatic rings. The minimum Gasteiger partial charge on any atom is -0.488 e. The van der Waals surface area contributed by atoms with E-state index in [1.807, 2.05) is 6.92 Å². The molecule has 144 valence electrons. The Hall–Kier alpha value is -3.09. The van der Waals surface area contributed by atoms with Crippen LogP contribution in [0.15, 0.2) is 41.3 Å². The summed E-state index contributed by atoms with van der Waals surface area (Å²) in [6.07, 6.45) is 3.25. The number of hydrogen-bond acceptors (Lipinski definition) is 5. The van der Waals surface area contributed by atoms with Crippen LogP contribution in [0.25, 0.3) is 0 Å². The van der Waals surface area contributed by atoms with Crippen LogP contribution >= 0.6 is 0 Å². The van der Waals surface area contributed by atoms with Gasteiger partial charge in [0.2, 0.25) is 5.43 Å². The van der Waals surface area contributed by atoms with Crippen LogP contribution < -0.4 is 15.5 Å². The molecule has 2 rings (SSSR count). The second kappa shape index (κ2) is 9.56. The van der Waals surface area contributed by atoms with Crippen molar-refractivity contribution in [1.82, 2.24) is 4.57 Å². The van der Waals surface area contributed by atoms with Gasteiger partial charge in [-0.1, -0.05) is 13.3 Å². The second-order valence-corrected chi connectivity index (χ2v) is 5.95. The Morgan fingerprint density at radius 2 is 1.85 bits per heavy atom. The van der Waals surface area contributed by atoms with Crippen molar-refractivity contribution in [1.29, 1.82) is 0 Å². The lowest BCUT2D eigenvalue weighted by Gasteiger charge is -2.11. The molecule has 1 N–H and O–H groups in total. The molecule has 0 saturated carbocycles. The number of nitrogens with one attached hydrogen (secondary N) is 1. The number of rotatable bonds is 8. The number of aromatic nitrogens is 1. The number of carbonyl (C=O) groups excluding carboxylic acids is 2. The van der Waals surface area contributed by atoms with Gasteiger partial charge in [0.05, 0.1) is 25.0 Å². The number of ether oxygens (including phenoxy) is 2. The quantitative estimate of drug-likeness (QED) is 0.569. The normalized spacial score (nSPS) is 10.3. The van der Waals surface area contributed by atoms with Crippen LogP contribution in [0.5, 0.6) is 5.75 Å². The maximum atomic E-state index is 12.4. The average molecular weight is 372 g/mol. The van der Waals surface area contributed by atoms with Crippen LogP contribution in [0, 0.1) is 0 Å². The van der Waals surface area contributed by atoms with Crippen LogP contribution in [0.3, 0.4) is 0 Å². The van der Waals surface area contributed by atoms with Gasteiger partial charge in [-0.3, -0.25) is 9.59 Å². The van der Waals surface area contributed by atoms with Crippen LogP contribution in [-0.2, 0) is 11.8 Å². The molecule has 0 radical (unpaired) electrons. The Balaban J connectivity index is 2.07. The molecule has 27 heavy (non-hydrogen) atoms. The third-order valence-corrected chi connectivity index (χ3v) is 3.84. The highest BCUT2D eigenvalue weighted by molar-refractivity contribution is 6.03. The highest BCUT2D eigenvalue weighted by atomic mass is 16.5. The van der Waals surface area contributed by atoms with E-state index in [-0.39, 0.29) is 16.9 Å². The van der Waals surface area contributed by atoms with E-state index >= 15 is 0 Å². The summed E-state index contributed by atoms with van der Waals surface area (Å²) >= 11 is 0. The van der Waals surface area contributed by atoms with Gasteiger partial charge in [0.25, 0.3) is 5.91 Å². The molecule has 0 atom stereocenters. The second-order valence-electron chi connectivity index (χ2n) is 5.95. The number of pyridine rings is 1. The van der Waals surface area contributed by atoms with Crippen molar-refractivity contribution in [2.75, 3.05) is 18.5 Å². The zero-order chi connectivity index (χ0) is 19.8. The van der Waals surface area contributed by atoms with Crippen molar-refractivity contribution in [2.45, 2.75) is 26.7 Å². The van der Waals surface area contributed by atoms with Gasteiger partial charge < -0.3 is 19.4 Å². The number of anilines is 1. The van der Waals surface area contributed by atoms with E-state index in [2.05, 4.69) is 5.32 Å². The number of aryl methyl sites for hydroxylation is 1. The van der Waals surface area contributed by atoms with E-state index in [9.17, 15) is 14.4 Å². The number of unbranched alkanes of at least 4 members (excludes halogenated alkanes) is 1. The molecule has 7 nitrogen and oxygen atoms in total. The molecule has 0 aliphatic carbocycles. The minimum atomic E-state index is -0.434. The van der Waals surface area contributed by atoms with Crippen LogP contribution in [0.1, 0.15) is 47.5 Å². The van der Waals surface area contributed by atoms with Gasteiger partial charge in [-0.25, -0.2) is 4.79 Å². The minimum absolute atomic E-state index is 0.197.